The first-order valence-corrected chi connectivity index (χ1v) is 6.60. The van der Waals surface area contributed by atoms with Gasteiger partial charge in [-0.15, -0.1) is 0 Å². The smallest absolute Gasteiger partial charge is 0.207 e. The summed E-state index contributed by atoms with van der Waals surface area (Å²) in [6.45, 7) is 0. The lowest BCUT2D eigenvalue weighted by atomic mass is 10.2. The van der Waals surface area contributed by atoms with Gasteiger partial charge in [0.05, 0.1) is 0 Å². The van der Waals surface area contributed by atoms with E-state index in [1.165, 1.54) is 0 Å². The molecule has 0 aliphatic carbocycles. The van der Waals surface area contributed by atoms with Crippen molar-refractivity contribution in [1.82, 2.24) is 0 Å². The second kappa shape index (κ2) is 2.85. The monoisotopic (exact) mass is 314 g/mol. The third kappa shape index (κ3) is 3.04. The van der Waals surface area contributed by atoms with Gasteiger partial charge in [0.2, 0.25) is 0 Å². The topological polar surface area (TPSA) is 0 Å². The quantitative estimate of drug-likeness (QED) is 0.508. The summed E-state index contributed by atoms with van der Waals surface area (Å²) >= 11 is 2.81. The van der Waals surface area contributed by atoms with E-state index < -0.39 is 20.9 Å². The predicted octanol–water partition coefficient (Wildman–Crippen LogP) is 5.38. The highest BCUT2D eigenvalue weighted by atomic mass is 79.9. The molecule has 1 rings (SSSR count). The number of halogens is 7. The lowest BCUT2D eigenvalue weighted by molar-refractivity contribution is 0.363. The molecule has 0 spiro atoms. The molecule has 15 heavy (non-hydrogen) atoms. The van der Waals surface area contributed by atoms with Crippen molar-refractivity contribution in [2.75, 3.05) is 0 Å². The van der Waals surface area contributed by atoms with Crippen molar-refractivity contribution < 1.29 is 23.8 Å². The molecule has 0 aromatic heterocycles. The zero-order valence-corrected chi connectivity index (χ0v) is 9.40. The number of alkyl halides is 1. The van der Waals surface area contributed by atoms with Crippen LogP contribution in [0.15, 0.2) is 23.1 Å². The Kier molecular flexibility index (Phi) is 2.41. The lowest BCUT2D eigenvalue weighted by Crippen LogP contribution is -2.06. The van der Waals surface area contributed by atoms with Crippen molar-refractivity contribution >= 4 is 26.2 Å². The molecule has 0 heterocycles. The number of hydrogen-bond acceptors (Lipinski definition) is 0. The Morgan fingerprint density at radius 3 is 1.93 bits per heavy atom. The van der Waals surface area contributed by atoms with Gasteiger partial charge >= 0.3 is 10.2 Å². The molecule has 1 aromatic carbocycles. The van der Waals surface area contributed by atoms with Gasteiger partial charge in [-0.2, -0.15) is 0 Å². The van der Waals surface area contributed by atoms with Crippen molar-refractivity contribution in [2.45, 2.75) is 10.2 Å². The summed E-state index contributed by atoms with van der Waals surface area (Å²) in [5, 5.41) is -0.0422. The molecule has 0 saturated heterocycles. The van der Waals surface area contributed by atoms with E-state index in [-0.39, 0.29) is 23.0 Å². The molecule has 88 valence electrons. The Morgan fingerprint density at radius 2 is 1.60 bits per heavy atom. The van der Waals surface area contributed by atoms with Crippen LogP contribution in [0.1, 0.15) is 5.56 Å². The zero-order valence-electron chi connectivity index (χ0n) is 6.99. The average Bonchev–Trinajstić information content (AvgIpc) is 2.00. The fraction of sp³-hybridized carbons (Fsp3) is 0.143. The summed E-state index contributed by atoms with van der Waals surface area (Å²) in [4.78, 5) is -2.21. The molecule has 0 aliphatic heterocycles. The van der Waals surface area contributed by atoms with Gasteiger partial charge in [-0.1, -0.05) is 41.4 Å². The van der Waals surface area contributed by atoms with Gasteiger partial charge in [0.15, 0.2) is 0 Å². The van der Waals surface area contributed by atoms with E-state index in [4.69, 9.17) is 0 Å². The maximum Gasteiger partial charge on any atom is 0.310 e. The molecular formula is C7H5BrF6S. The van der Waals surface area contributed by atoms with Gasteiger partial charge in [0.25, 0.3) is 0 Å². The van der Waals surface area contributed by atoms with Crippen LogP contribution in [-0.2, 0) is 5.33 Å². The molecule has 0 nitrogen and oxygen atoms in total. The summed E-state index contributed by atoms with van der Waals surface area (Å²) in [6, 6.07) is 0.677. The summed E-state index contributed by atoms with van der Waals surface area (Å²) < 4.78 is 73.8. The Hall–Kier alpha value is -0.370. The number of hydrogen-bond donors (Lipinski definition) is 0. The van der Waals surface area contributed by atoms with Crippen molar-refractivity contribution in [1.29, 1.82) is 0 Å². The molecule has 0 bridgehead atoms. The first-order valence-electron chi connectivity index (χ1n) is 3.52. The Labute approximate surface area is 90.1 Å². The second-order valence-electron chi connectivity index (χ2n) is 2.86. The van der Waals surface area contributed by atoms with Crippen LogP contribution in [0.3, 0.4) is 0 Å². The van der Waals surface area contributed by atoms with Crippen LogP contribution in [0, 0.1) is 5.82 Å². The van der Waals surface area contributed by atoms with Gasteiger partial charge in [0.1, 0.15) is 10.7 Å². The van der Waals surface area contributed by atoms with Gasteiger partial charge in [0, 0.05) is 5.33 Å². The van der Waals surface area contributed by atoms with Crippen LogP contribution in [0.5, 0.6) is 0 Å². The first-order chi connectivity index (χ1) is 6.44. The highest BCUT2D eigenvalue weighted by Gasteiger charge is 2.65. The summed E-state index contributed by atoms with van der Waals surface area (Å²) in [7, 11) is -9.76. The van der Waals surface area contributed by atoms with Gasteiger partial charge in [-0.05, 0) is 17.7 Å². The molecular weight excluding hydrogens is 310 g/mol. The minimum Gasteiger partial charge on any atom is -0.207 e. The highest BCUT2D eigenvalue weighted by molar-refractivity contribution is 9.08. The van der Waals surface area contributed by atoms with Crippen molar-refractivity contribution in [3.8, 4) is 0 Å². The lowest BCUT2D eigenvalue weighted by Gasteiger charge is -2.40. The van der Waals surface area contributed by atoms with Crippen LogP contribution < -0.4 is 0 Å². The summed E-state index contributed by atoms with van der Waals surface area (Å²) in [6.07, 6.45) is 0. The van der Waals surface area contributed by atoms with Crippen LogP contribution in [0.25, 0.3) is 0 Å². The molecule has 0 atom stereocenters. The van der Waals surface area contributed by atoms with Gasteiger partial charge in [-0.25, -0.2) is 4.39 Å². The van der Waals surface area contributed by atoms with Gasteiger partial charge < -0.3 is 0 Å². The van der Waals surface area contributed by atoms with E-state index in [1.807, 2.05) is 0 Å². The molecule has 0 N–H and O–H groups in total. The molecule has 0 unspecified atom stereocenters. The highest BCUT2D eigenvalue weighted by Crippen LogP contribution is 3.02. The van der Waals surface area contributed by atoms with E-state index in [0.29, 0.717) is 6.07 Å². The molecule has 1 aromatic rings. The molecule has 0 aliphatic rings. The normalized spacial score (nSPS) is 17.0. The SMILES string of the molecule is Fc1cc(S(F)(F)(F)(F)F)ccc1CBr. The van der Waals surface area contributed by atoms with E-state index in [9.17, 15) is 23.8 Å². The van der Waals surface area contributed by atoms with Crippen molar-refractivity contribution in [3.05, 3.63) is 29.6 Å². The van der Waals surface area contributed by atoms with E-state index in [2.05, 4.69) is 15.9 Å². The summed E-state index contributed by atoms with van der Waals surface area (Å²) in [5.74, 6) is -1.31. The van der Waals surface area contributed by atoms with E-state index in [0.717, 1.165) is 0 Å². The molecule has 0 amide bonds. The predicted molar refractivity (Wildman–Crippen MR) is 50.4 cm³/mol. The van der Waals surface area contributed by atoms with Gasteiger partial charge in [-0.3, -0.25) is 0 Å². The fourth-order valence-corrected chi connectivity index (χ4v) is 1.98. The second-order valence-corrected chi connectivity index (χ2v) is 5.83. The standard InChI is InChI=1S/C7H5BrF6S/c8-4-5-1-2-6(3-7(5)9)15(10,11,12,13)14/h1-3H,4H2. The maximum atomic E-state index is 12.9. The minimum absolute atomic E-state index is 0.0422. The van der Waals surface area contributed by atoms with Crippen LogP contribution in [0.4, 0.5) is 23.8 Å². The summed E-state index contributed by atoms with van der Waals surface area (Å²) in [5.41, 5.74) is -0.111. The largest absolute Gasteiger partial charge is 0.310 e. The Balaban J connectivity index is 3.39. The molecule has 8 heteroatoms. The Morgan fingerprint density at radius 1 is 1.07 bits per heavy atom. The third-order valence-electron chi connectivity index (χ3n) is 1.61. The fourth-order valence-electron chi connectivity index (χ4n) is 0.876. The minimum atomic E-state index is -9.76. The first kappa shape index (κ1) is 12.7. The third-order valence-corrected chi connectivity index (χ3v) is 3.36. The van der Waals surface area contributed by atoms with E-state index in [1.54, 1.807) is 0 Å². The van der Waals surface area contributed by atoms with Crippen LogP contribution in [-0.4, -0.2) is 0 Å². The average molecular weight is 315 g/mol. The zero-order chi connectivity index (χ0) is 12.0. The Bertz CT molecular complexity index is 397. The van der Waals surface area contributed by atoms with Crippen molar-refractivity contribution in [3.63, 3.8) is 0 Å². The van der Waals surface area contributed by atoms with E-state index >= 15 is 0 Å². The van der Waals surface area contributed by atoms with Crippen LogP contribution in [0.2, 0.25) is 0 Å². The number of benzene rings is 1. The molecule has 0 radical (unpaired) electrons. The van der Waals surface area contributed by atoms with Crippen molar-refractivity contribution in [2.24, 2.45) is 0 Å². The molecule has 0 fully saturated rings. The molecule has 0 saturated carbocycles. The van der Waals surface area contributed by atoms with Crippen LogP contribution >= 0.6 is 26.2 Å². The maximum absolute atomic E-state index is 12.9. The number of rotatable bonds is 2.